The minimum Gasteiger partial charge on any atom is -0.354 e. The van der Waals surface area contributed by atoms with Gasteiger partial charge in [0.2, 0.25) is 11.8 Å². The molecule has 0 saturated heterocycles. The Kier molecular flexibility index (Phi) is 10.6. The van der Waals surface area contributed by atoms with Gasteiger partial charge < -0.3 is 10.2 Å². The zero-order valence-corrected chi connectivity index (χ0v) is 24.3. The summed E-state index contributed by atoms with van der Waals surface area (Å²) in [6.07, 6.45) is 0.678. The number of amides is 2. The molecular formula is C27H27Cl3FN3O4S. The second-order valence-corrected chi connectivity index (χ2v) is 11.7. The van der Waals surface area contributed by atoms with Gasteiger partial charge in [0.1, 0.15) is 18.4 Å². The van der Waals surface area contributed by atoms with E-state index in [0.29, 0.717) is 18.5 Å². The standard InChI is InChI=1S/C27H27Cl3FN3O4S/c1-3-14-32-27(36)18(2)33(16-21-22(28)10-7-11-23(21)29)26(35)17-34(19-12-13-25(31)24(30)15-19)39(37,38)20-8-5-4-6-9-20/h4-13,15,18H,3,14,16-17H2,1-2H3,(H,32,36)/t18-/m0/s1. The van der Waals surface area contributed by atoms with Crippen molar-refractivity contribution in [1.29, 1.82) is 0 Å². The van der Waals surface area contributed by atoms with Gasteiger partial charge >= 0.3 is 0 Å². The average molecular weight is 615 g/mol. The Hall–Kier alpha value is -2.85. The van der Waals surface area contributed by atoms with Crippen molar-refractivity contribution in [1.82, 2.24) is 10.2 Å². The number of halogens is 4. The SMILES string of the molecule is CCCNC(=O)[C@H](C)N(Cc1c(Cl)cccc1Cl)C(=O)CN(c1ccc(F)c(Cl)c1)S(=O)(=O)c1ccccc1. The van der Waals surface area contributed by atoms with Crippen LogP contribution in [0.1, 0.15) is 25.8 Å². The topological polar surface area (TPSA) is 86.8 Å². The maximum Gasteiger partial charge on any atom is 0.264 e. The van der Waals surface area contributed by atoms with E-state index in [2.05, 4.69) is 5.32 Å². The van der Waals surface area contributed by atoms with Crippen molar-refractivity contribution >= 4 is 62.3 Å². The lowest BCUT2D eigenvalue weighted by Gasteiger charge is -2.32. The van der Waals surface area contributed by atoms with Gasteiger partial charge in [-0.05, 0) is 55.8 Å². The van der Waals surface area contributed by atoms with Gasteiger partial charge in [0.15, 0.2) is 0 Å². The smallest absolute Gasteiger partial charge is 0.264 e. The molecule has 1 N–H and O–H groups in total. The molecule has 0 aliphatic rings. The third-order valence-corrected chi connectivity index (χ3v) is 8.69. The van der Waals surface area contributed by atoms with Gasteiger partial charge in [-0.2, -0.15) is 0 Å². The monoisotopic (exact) mass is 613 g/mol. The molecule has 0 saturated carbocycles. The summed E-state index contributed by atoms with van der Waals surface area (Å²) < 4.78 is 42.2. The summed E-state index contributed by atoms with van der Waals surface area (Å²) in [7, 11) is -4.31. The molecule has 1 atom stereocenters. The number of carbonyl (C=O) groups excluding carboxylic acids is 2. The molecule has 0 aromatic heterocycles. The number of hydrogen-bond acceptors (Lipinski definition) is 4. The molecule has 3 aromatic carbocycles. The molecule has 0 heterocycles. The molecule has 39 heavy (non-hydrogen) atoms. The first kappa shape index (κ1) is 30.7. The Labute approximate surface area is 242 Å². The number of benzene rings is 3. The number of sulfonamides is 1. The van der Waals surface area contributed by atoms with Crippen LogP contribution in [0.2, 0.25) is 15.1 Å². The van der Waals surface area contributed by atoms with E-state index in [1.165, 1.54) is 42.2 Å². The van der Waals surface area contributed by atoms with E-state index in [4.69, 9.17) is 34.8 Å². The predicted octanol–water partition coefficient (Wildman–Crippen LogP) is 5.92. The summed E-state index contributed by atoms with van der Waals surface area (Å²) in [6, 6.07) is 14.7. The van der Waals surface area contributed by atoms with Crippen LogP contribution in [0.4, 0.5) is 10.1 Å². The lowest BCUT2D eigenvalue weighted by atomic mass is 10.1. The molecule has 0 unspecified atom stereocenters. The van der Waals surface area contributed by atoms with Crippen LogP contribution in [0.15, 0.2) is 71.6 Å². The van der Waals surface area contributed by atoms with E-state index < -0.39 is 40.2 Å². The maximum absolute atomic E-state index is 13.9. The van der Waals surface area contributed by atoms with Gasteiger partial charge in [0.25, 0.3) is 10.0 Å². The fraction of sp³-hybridized carbons (Fsp3) is 0.259. The Morgan fingerprint density at radius 3 is 2.18 bits per heavy atom. The second-order valence-electron chi connectivity index (χ2n) is 8.61. The first-order valence-corrected chi connectivity index (χ1v) is 14.6. The minimum atomic E-state index is -4.31. The summed E-state index contributed by atoms with van der Waals surface area (Å²) in [6.45, 7) is 2.92. The van der Waals surface area contributed by atoms with E-state index in [-0.39, 0.29) is 32.2 Å². The molecule has 7 nitrogen and oxygen atoms in total. The van der Waals surface area contributed by atoms with Crippen molar-refractivity contribution in [3.63, 3.8) is 0 Å². The van der Waals surface area contributed by atoms with E-state index >= 15 is 0 Å². The first-order valence-electron chi connectivity index (χ1n) is 12.0. The Morgan fingerprint density at radius 2 is 1.59 bits per heavy atom. The highest BCUT2D eigenvalue weighted by Gasteiger charge is 2.33. The first-order chi connectivity index (χ1) is 18.5. The van der Waals surface area contributed by atoms with Crippen LogP contribution < -0.4 is 9.62 Å². The van der Waals surface area contributed by atoms with Crippen LogP contribution in [-0.4, -0.2) is 44.3 Å². The molecule has 12 heteroatoms. The fourth-order valence-electron chi connectivity index (χ4n) is 3.72. The maximum atomic E-state index is 13.9. The van der Waals surface area contributed by atoms with Crippen molar-refractivity contribution in [3.05, 3.63) is 93.2 Å². The van der Waals surface area contributed by atoms with Gasteiger partial charge in [-0.15, -0.1) is 0 Å². The van der Waals surface area contributed by atoms with Gasteiger partial charge in [-0.3, -0.25) is 13.9 Å². The van der Waals surface area contributed by atoms with Crippen LogP contribution in [0.5, 0.6) is 0 Å². The zero-order valence-electron chi connectivity index (χ0n) is 21.2. The highest BCUT2D eigenvalue weighted by molar-refractivity contribution is 7.92. The summed E-state index contributed by atoms with van der Waals surface area (Å²) in [4.78, 5) is 27.9. The molecule has 2 amide bonds. The van der Waals surface area contributed by atoms with E-state index in [1.807, 2.05) is 6.92 Å². The van der Waals surface area contributed by atoms with E-state index in [0.717, 1.165) is 16.4 Å². The quantitative estimate of drug-likeness (QED) is 0.290. The number of nitrogens with one attached hydrogen (secondary N) is 1. The second kappa shape index (κ2) is 13.5. The molecule has 3 aromatic rings. The van der Waals surface area contributed by atoms with Crippen LogP contribution in [0, 0.1) is 5.82 Å². The molecule has 0 radical (unpaired) electrons. The third-order valence-electron chi connectivity index (χ3n) is 5.91. The summed E-state index contributed by atoms with van der Waals surface area (Å²) in [5.41, 5.74) is 0.365. The van der Waals surface area contributed by atoms with Crippen LogP contribution >= 0.6 is 34.8 Å². The lowest BCUT2D eigenvalue weighted by molar-refractivity contribution is -0.139. The minimum absolute atomic E-state index is 0.0302. The predicted molar refractivity (Wildman–Crippen MR) is 152 cm³/mol. The van der Waals surface area contributed by atoms with Crippen molar-refractivity contribution in [2.45, 2.75) is 37.8 Å². The molecule has 0 aliphatic carbocycles. The summed E-state index contributed by atoms with van der Waals surface area (Å²) in [5.74, 6) is -1.90. The molecule has 0 spiro atoms. The number of anilines is 1. The molecule has 0 bridgehead atoms. The van der Waals surface area contributed by atoms with E-state index in [9.17, 15) is 22.4 Å². The zero-order chi connectivity index (χ0) is 28.7. The van der Waals surface area contributed by atoms with Gasteiger partial charge in [0, 0.05) is 28.7 Å². The lowest BCUT2D eigenvalue weighted by Crippen LogP contribution is -2.51. The van der Waals surface area contributed by atoms with Crippen LogP contribution in [0.3, 0.4) is 0 Å². The Balaban J connectivity index is 2.07. The summed E-state index contributed by atoms with van der Waals surface area (Å²) in [5, 5.41) is 2.98. The Morgan fingerprint density at radius 1 is 0.949 bits per heavy atom. The normalized spacial score (nSPS) is 12.1. The molecule has 3 rings (SSSR count). The Bertz CT molecular complexity index is 1420. The largest absolute Gasteiger partial charge is 0.354 e. The van der Waals surface area contributed by atoms with Crippen molar-refractivity contribution < 1.29 is 22.4 Å². The van der Waals surface area contributed by atoms with Crippen LogP contribution in [0.25, 0.3) is 0 Å². The number of hydrogen-bond donors (Lipinski definition) is 1. The molecular weight excluding hydrogens is 588 g/mol. The van der Waals surface area contributed by atoms with Crippen molar-refractivity contribution in [2.75, 3.05) is 17.4 Å². The summed E-state index contributed by atoms with van der Waals surface area (Å²) >= 11 is 18.7. The third kappa shape index (κ3) is 7.42. The number of nitrogens with zero attached hydrogens (tertiary/aromatic N) is 2. The molecule has 0 aliphatic heterocycles. The highest BCUT2D eigenvalue weighted by Crippen LogP contribution is 2.30. The average Bonchev–Trinajstić information content (AvgIpc) is 2.91. The fourth-order valence-corrected chi connectivity index (χ4v) is 5.84. The van der Waals surface area contributed by atoms with E-state index in [1.54, 1.807) is 24.3 Å². The van der Waals surface area contributed by atoms with Crippen LogP contribution in [-0.2, 0) is 26.2 Å². The van der Waals surface area contributed by atoms with Gasteiger partial charge in [-0.25, -0.2) is 12.8 Å². The number of rotatable bonds is 11. The highest BCUT2D eigenvalue weighted by atomic mass is 35.5. The van der Waals surface area contributed by atoms with Gasteiger partial charge in [0.05, 0.1) is 15.6 Å². The van der Waals surface area contributed by atoms with Crippen molar-refractivity contribution in [3.8, 4) is 0 Å². The molecule has 0 fully saturated rings. The van der Waals surface area contributed by atoms with Gasteiger partial charge in [-0.1, -0.05) is 66.0 Å². The molecule has 208 valence electrons. The van der Waals surface area contributed by atoms with Crippen molar-refractivity contribution in [2.24, 2.45) is 0 Å². The number of carbonyl (C=O) groups is 2.